The van der Waals surface area contributed by atoms with Crippen LogP contribution in [0.4, 0.5) is 0 Å². The van der Waals surface area contributed by atoms with Crippen molar-refractivity contribution in [2.24, 2.45) is 0 Å². The molecule has 0 heterocycles. The Kier molecular flexibility index (Phi) is 14.6. The lowest BCUT2D eigenvalue weighted by molar-refractivity contribution is -0.131. The number of carbonyl (C=O) groups excluding carboxylic acids is 1. The molecule has 0 spiro atoms. The van der Waals surface area contributed by atoms with Crippen molar-refractivity contribution >= 4 is 74.2 Å². The number of carbonyl (C=O) groups is 1. The summed E-state index contributed by atoms with van der Waals surface area (Å²) < 4.78 is 52.5. The fourth-order valence-electron chi connectivity index (χ4n) is 5.56. The molecule has 0 aliphatic heterocycles. The molecule has 0 amide bonds. The van der Waals surface area contributed by atoms with Gasteiger partial charge in [-0.3, -0.25) is 0 Å². The number of rotatable bonds is 18. The molecule has 0 aromatic heterocycles. The molecule has 0 radical (unpaired) electrons. The minimum atomic E-state index is -2.99. The standard InChI is InChI=1S/C24H62O9Si8/c1-21-24(25)26-41(22(2)3,23(4)5)33-40(19,20)32-39(17,18)31-38(15,16)30-37(13,14)29-36(11,12)28-35(9,10)27-34(6,7)8/h21-23H,1H2,2-20H3. The van der Waals surface area contributed by atoms with Crippen LogP contribution in [0, 0.1) is 0 Å². The maximum atomic E-state index is 12.3. The molecular formula is C24H62O9Si8. The predicted octanol–water partition coefficient (Wildman–Crippen LogP) is 8.14. The number of hydrogen-bond acceptors (Lipinski definition) is 9. The summed E-state index contributed by atoms with van der Waals surface area (Å²) in [5.74, 6) is -0.459. The number of hydrogen-bond donors (Lipinski definition) is 0. The highest BCUT2D eigenvalue weighted by Gasteiger charge is 2.54. The SMILES string of the molecule is C=CC(=O)O[Si](O[Si](C)(C)O[Si](C)(C)O[Si](C)(C)O[Si](C)(C)O[Si](C)(C)O[Si](C)(C)O[Si](C)(C)C)(C(C)C)C(C)C. The summed E-state index contributed by atoms with van der Waals surface area (Å²) in [6, 6.07) is 0. The quantitative estimate of drug-likeness (QED) is 0.103. The van der Waals surface area contributed by atoms with Crippen LogP contribution in [0.2, 0.25) is 109 Å². The largest absolute Gasteiger partial charge is 0.491 e. The summed E-state index contributed by atoms with van der Waals surface area (Å²) >= 11 is 0. The van der Waals surface area contributed by atoms with E-state index in [0.29, 0.717) is 0 Å². The third-order valence-corrected chi connectivity index (χ3v) is 36.5. The maximum absolute atomic E-state index is 12.3. The van der Waals surface area contributed by atoms with Gasteiger partial charge in [0.15, 0.2) is 8.32 Å². The van der Waals surface area contributed by atoms with Gasteiger partial charge in [-0.15, -0.1) is 0 Å². The van der Waals surface area contributed by atoms with Gasteiger partial charge in [-0.1, -0.05) is 34.3 Å². The monoisotopic (exact) mass is 718 g/mol. The molecule has 9 nitrogen and oxygen atoms in total. The van der Waals surface area contributed by atoms with Crippen molar-refractivity contribution in [3.05, 3.63) is 12.7 Å². The van der Waals surface area contributed by atoms with Crippen molar-refractivity contribution < 1.29 is 38.0 Å². The molecule has 17 heteroatoms. The lowest BCUT2D eigenvalue weighted by Crippen LogP contribution is -2.62. The first kappa shape index (κ1) is 41.7. The van der Waals surface area contributed by atoms with Crippen molar-refractivity contribution in [1.82, 2.24) is 0 Å². The molecule has 0 rings (SSSR count). The second-order valence-electron chi connectivity index (χ2n) is 14.9. The molecule has 0 aromatic carbocycles. The molecule has 0 N–H and O–H groups in total. The van der Waals surface area contributed by atoms with E-state index >= 15 is 0 Å². The van der Waals surface area contributed by atoms with Gasteiger partial charge in [0.25, 0.3) is 0 Å². The van der Waals surface area contributed by atoms with Gasteiger partial charge in [0.1, 0.15) is 0 Å². The normalized spacial score (nSPS) is 15.0. The summed E-state index contributed by atoms with van der Waals surface area (Å²) in [6.07, 6.45) is 1.20. The lowest BCUT2D eigenvalue weighted by Gasteiger charge is -2.45. The van der Waals surface area contributed by atoms with E-state index in [1.54, 1.807) is 0 Å². The van der Waals surface area contributed by atoms with Gasteiger partial charge in [0, 0.05) is 17.2 Å². The van der Waals surface area contributed by atoms with Gasteiger partial charge in [-0.05, 0) is 98.2 Å². The Morgan fingerprint density at radius 3 is 0.951 bits per heavy atom. The Hall–Kier alpha value is 0.665. The molecule has 0 saturated carbocycles. The molecule has 0 saturated heterocycles. The summed E-state index contributed by atoms with van der Waals surface area (Å²) in [7, 11) is -20.5. The molecule has 0 fully saturated rings. The predicted molar refractivity (Wildman–Crippen MR) is 188 cm³/mol. The molecule has 0 aromatic rings. The molecule has 244 valence electrons. The smallest absolute Gasteiger partial charge is 0.398 e. The molecule has 0 atom stereocenters. The summed E-state index contributed by atoms with van der Waals surface area (Å²) in [5, 5.41) is 0. The van der Waals surface area contributed by atoms with Crippen LogP contribution < -0.4 is 0 Å². The fourth-order valence-corrected chi connectivity index (χ4v) is 45.7. The van der Waals surface area contributed by atoms with E-state index in [4.69, 9.17) is 33.2 Å². The third-order valence-electron chi connectivity index (χ3n) is 5.45. The highest BCUT2D eigenvalue weighted by atomic mass is 28.5. The van der Waals surface area contributed by atoms with Gasteiger partial charge in [0.05, 0.1) is 0 Å². The average molecular weight is 719 g/mol. The lowest BCUT2D eigenvalue weighted by atomic mass is 10.5. The van der Waals surface area contributed by atoms with Gasteiger partial charge >= 0.3 is 65.9 Å². The molecule has 0 bridgehead atoms. The van der Waals surface area contributed by atoms with Crippen molar-refractivity contribution in [3.8, 4) is 0 Å². The van der Waals surface area contributed by atoms with E-state index in [1.165, 1.54) is 6.08 Å². The van der Waals surface area contributed by atoms with Gasteiger partial charge < -0.3 is 33.2 Å². The molecule has 0 aliphatic carbocycles. The second-order valence-corrected chi connectivity index (χ2v) is 45.6. The molecule has 0 aliphatic rings. The first-order valence-electron chi connectivity index (χ1n) is 14.6. The van der Waals surface area contributed by atoms with Crippen LogP contribution in [0.3, 0.4) is 0 Å². The highest BCUT2D eigenvalue weighted by Crippen LogP contribution is 2.38. The summed E-state index contributed by atoms with van der Waals surface area (Å²) in [4.78, 5) is 12.3. The minimum absolute atomic E-state index is 0.0319. The van der Waals surface area contributed by atoms with E-state index < -0.39 is 74.2 Å². The first-order chi connectivity index (χ1) is 17.8. The molecular weight excluding hydrogens is 657 g/mol. The average Bonchev–Trinajstić information content (AvgIpc) is 2.58. The van der Waals surface area contributed by atoms with Crippen LogP contribution >= 0.6 is 0 Å². The zero-order chi connectivity index (χ0) is 33.1. The van der Waals surface area contributed by atoms with Crippen molar-refractivity contribution in [2.45, 2.75) is 137 Å². The summed E-state index contributed by atoms with van der Waals surface area (Å²) in [5.41, 5.74) is 0.0639. The Labute approximate surface area is 260 Å². The zero-order valence-corrected chi connectivity index (χ0v) is 37.6. The van der Waals surface area contributed by atoms with Crippen molar-refractivity contribution in [2.75, 3.05) is 0 Å². The van der Waals surface area contributed by atoms with E-state index in [-0.39, 0.29) is 11.1 Å². The third kappa shape index (κ3) is 16.0. The van der Waals surface area contributed by atoms with Crippen LogP contribution in [0.15, 0.2) is 12.7 Å². The maximum Gasteiger partial charge on any atom is 0.398 e. The second kappa shape index (κ2) is 14.4. The van der Waals surface area contributed by atoms with Gasteiger partial charge in [-0.25, -0.2) is 4.79 Å². The molecule has 41 heavy (non-hydrogen) atoms. The van der Waals surface area contributed by atoms with Gasteiger partial charge in [0.2, 0.25) is 0 Å². The summed E-state index contributed by atoms with van der Waals surface area (Å²) in [6.45, 7) is 42.8. The van der Waals surface area contributed by atoms with Crippen LogP contribution in [-0.2, 0) is 38.0 Å². The van der Waals surface area contributed by atoms with E-state index in [2.05, 4.69) is 52.4 Å². The van der Waals surface area contributed by atoms with Crippen LogP contribution in [0.25, 0.3) is 0 Å². The molecule has 0 unspecified atom stereocenters. The van der Waals surface area contributed by atoms with E-state index in [9.17, 15) is 4.79 Å². The Morgan fingerprint density at radius 1 is 0.488 bits per heavy atom. The van der Waals surface area contributed by atoms with Crippen LogP contribution in [0.5, 0.6) is 0 Å². The Morgan fingerprint density at radius 2 is 0.732 bits per heavy atom. The van der Waals surface area contributed by atoms with E-state index in [0.717, 1.165) is 0 Å². The zero-order valence-electron chi connectivity index (χ0n) is 29.6. The van der Waals surface area contributed by atoms with Crippen LogP contribution in [-0.4, -0.2) is 74.2 Å². The fraction of sp³-hybridized carbons (Fsp3) is 0.875. The van der Waals surface area contributed by atoms with Gasteiger partial charge in [-0.2, -0.15) is 0 Å². The Balaban J connectivity index is 5.71. The Bertz CT molecular complexity index is 877. The highest BCUT2D eigenvalue weighted by molar-refractivity contribution is 6.92. The van der Waals surface area contributed by atoms with Crippen molar-refractivity contribution in [3.63, 3.8) is 0 Å². The minimum Gasteiger partial charge on any atom is -0.491 e. The van der Waals surface area contributed by atoms with E-state index in [1.807, 2.05) is 80.1 Å². The first-order valence-corrected chi connectivity index (χ1v) is 36.8. The van der Waals surface area contributed by atoms with Crippen molar-refractivity contribution in [1.29, 1.82) is 0 Å². The topological polar surface area (TPSA) is 90.9 Å². The van der Waals surface area contributed by atoms with Crippen LogP contribution in [0.1, 0.15) is 27.7 Å².